The molecule has 1 atom stereocenters. The van der Waals surface area contributed by atoms with Crippen LogP contribution in [-0.2, 0) is 6.54 Å². The van der Waals surface area contributed by atoms with E-state index in [-0.39, 0.29) is 12.1 Å². The molecule has 1 fully saturated rings. The van der Waals surface area contributed by atoms with Crippen LogP contribution >= 0.6 is 11.6 Å². The molecule has 2 heterocycles. The molecule has 146 valence electrons. The number of rotatable bonds is 8. The van der Waals surface area contributed by atoms with Gasteiger partial charge >= 0.3 is 6.03 Å². The molecule has 1 N–H and O–H groups in total. The topological polar surface area (TPSA) is 53.4 Å². The molecule has 27 heavy (non-hydrogen) atoms. The van der Waals surface area contributed by atoms with Crippen molar-refractivity contribution in [3.8, 4) is 0 Å². The third-order valence-electron chi connectivity index (χ3n) is 5.11. The minimum atomic E-state index is -0.0252. The molecule has 1 aliphatic heterocycles. The summed E-state index contributed by atoms with van der Waals surface area (Å²) in [6.45, 7) is 6.74. The van der Waals surface area contributed by atoms with Gasteiger partial charge in [-0.2, -0.15) is 5.10 Å². The number of hydrogen-bond acceptors (Lipinski definition) is 3. The maximum Gasteiger partial charge on any atom is 0.317 e. The van der Waals surface area contributed by atoms with Crippen molar-refractivity contribution in [1.82, 2.24) is 24.9 Å². The lowest BCUT2D eigenvalue weighted by atomic mass is 10.1. The Morgan fingerprint density at radius 3 is 2.67 bits per heavy atom. The SMILES string of the molecule is CCN(CCn1cccn1)C(=O)NC[C@@H](c1ccc(Cl)cc1)N1CCCC1. The van der Waals surface area contributed by atoms with Crippen LogP contribution in [0.4, 0.5) is 4.79 Å². The van der Waals surface area contributed by atoms with Crippen LogP contribution in [0.5, 0.6) is 0 Å². The quantitative estimate of drug-likeness (QED) is 0.752. The van der Waals surface area contributed by atoms with Gasteiger partial charge in [-0.3, -0.25) is 9.58 Å². The lowest BCUT2D eigenvalue weighted by Crippen LogP contribution is -2.45. The first-order valence-corrected chi connectivity index (χ1v) is 10.0. The zero-order chi connectivity index (χ0) is 19.1. The van der Waals surface area contributed by atoms with Gasteiger partial charge in [0.15, 0.2) is 0 Å². The van der Waals surface area contributed by atoms with Gasteiger partial charge in [-0.25, -0.2) is 4.79 Å². The van der Waals surface area contributed by atoms with Crippen LogP contribution in [0, 0.1) is 0 Å². The minimum Gasteiger partial charge on any atom is -0.336 e. The largest absolute Gasteiger partial charge is 0.336 e. The number of hydrogen-bond donors (Lipinski definition) is 1. The first-order valence-electron chi connectivity index (χ1n) is 9.67. The fourth-order valence-electron chi connectivity index (χ4n) is 3.55. The van der Waals surface area contributed by atoms with Crippen LogP contribution in [0.2, 0.25) is 5.02 Å². The van der Waals surface area contributed by atoms with Crippen LogP contribution in [0.3, 0.4) is 0 Å². The second-order valence-corrected chi connectivity index (χ2v) is 7.28. The number of carbonyl (C=O) groups is 1. The number of urea groups is 1. The summed E-state index contributed by atoms with van der Waals surface area (Å²) in [5.41, 5.74) is 1.20. The van der Waals surface area contributed by atoms with Gasteiger partial charge < -0.3 is 10.2 Å². The zero-order valence-corrected chi connectivity index (χ0v) is 16.6. The van der Waals surface area contributed by atoms with E-state index in [1.54, 1.807) is 6.20 Å². The van der Waals surface area contributed by atoms with Gasteiger partial charge in [-0.05, 0) is 56.6 Å². The molecule has 3 rings (SSSR count). The van der Waals surface area contributed by atoms with Gasteiger partial charge in [-0.1, -0.05) is 23.7 Å². The number of amides is 2. The van der Waals surface area contributed by atoms with E-state index in [4.69, 9.17) is 11.6 Å². The van der Waals surface area contributed by atoms with Crippen molar-refractivity contribution in [2.24, 2.45) is 0 Å². The first kappa shape index (κ1) is 19.7. The minimum absolute atomic E-state index is 0.0252. The lowest BCUT2D eigenvalue weighted by molar-refractivity contribution is 0.188. The number of carbonyl (C=O) groups excluding carboxylic acids is 1. The Kier molecular flexibility index (Phi) is 7.12. The summed E-state index contributed by atoms with van der Waals surface area (Å²) in [5.74, 6) is 0. The molecule has 1 aromatic carbocycles. The van der Waals surface area contributed by atoms with Crippen molar-refractivity contribution in [2.75, 3.05) is 32.7 Å². The molecule has 0 bridgehead atoms. The molecule has 1 aliphatic rings. The first-order chi connectivity index (χ1) is 13.2. The Morgan fingerprint density at radius 1 is 1.30 bits per heavy atom. The summed E-state index contributed by atoms with van der Waals surface area (Å²) >= 11 is 6.04. The Hall–Kier alpha value is -2.05. The molecule has 1 aromatic heterocycles. The third kappa shape index (κ3) is 5.47. The number of benzene rings is 1. The highest BCUT2D eigenvalue weighted by molar-refractivity contribution is 6.30. The van der Waals surface area contributed by atoms with E-state index in [0.717, 1.165) is 18.1 Å². The number of likely N-dealkylation sites (N-methyl/N-ethyl adjacent to an activating group) is 1. The monoisotopic (exact) mass is 389 g/mol. The summed E-state index contributed by atoms with van der Waals surface area (Å²) in [7, 11) is 0. The predicted molar refractivity (Wildman–Crippen MR) is 108 cm³/mol. The highest BCUT2D eigenvalue weighted by Crippen LogP contribution is 2.25. The van der Waals surface area contributed by atoms with E-state index < -0.39 is 0 Å². The lowest BCUT2D eigenvalue weighted by Gasteiger charge is -2.29. The van der Waals surface area contributed by atoms with Gasteiger partial charge in [-0.15, -0.1) is 0 Å². The summed E-state index contributed by atoms with van der Waals surface area (Å²) in [4.78, 5) is 17.0. The van der Waals surface area contributed by atoms with Crippen molar-refractivity contribution in [2.45, 2.75) is 32.4 Å². The van der Waals surface area contributed by atoms with Gasteiger partial charge in [0.1, 0.15) is 0 Å². The van der Waals surface area contributed by atoms with Crippen LogP contribution in [0.15, 0.2) is 42.7 Å². The van der Waals surface area contributed by atoms with E-state index in [9.17, 15) is 4.79 Å². The predicted octanol–water partition coefficient (Wildman–Crippen LogP) is 3.41. The van der Waals surface area contributed by atoms with Gasteiger partial charge in [0.25, 0.3) is 0 Å². The Bertz CT molecular complexity index is 698. The highest BCUT2D eigenvalue weighted by atomic mass is 35.5. The maximum atomic E-state index is 12.7. The second kappa shape index (κ2) is 9.76. The Labute approximate surface area is 166 Å². The fraction of sp³-hybridized carbons (Fsp3) is 0.500. The molecular weight excluding hydrogens is 362 g/mol. The fourth-order valence-corrected chi connectivity index (χ4v) is 3.68. The van der Waals surface area contributed by atoms with Crippen molar-refractivity contribution in [1.29, 1.82) is 0 Å². The molecule has 0 spiro atoms. The Balaban J connectivity index is 1.59. The zero-order valence-electron chi connectivity index (χ0n) is 15.9. The standard InChI is InChI=1S/C20H28ClN5O/c1-2-24(14-15-26-13-5-10-23-26)20(27)22-16-19(25-11-3-4-12-25)17-6-8-18(21)9-7-17/h5-10,13,19H,2-4,11-12,14-16H2,1H3,(H,22,27)/t19-/m0/s1. The molecule has 7 heteroatoms. The van der Waals surface area contributed by atoms with Gasteiger partial charge in [0.05, 0.1) is 12.6 Å². The summed E-state index contributed by atoms with van der Waals surface area (Å²) in [5, 5.41) is 8.07. The van der Waals surface area contributed by atoms with Crippen LogP contribution in [-0.4, -0.2) is 58.3 Å². The Morgan fingerprint density at radius 2 is 2.04 bits per heavy atom. The molecular formula is C20H28ClN5O. The van der Waals surface area contributed by atoms with E-state index >= 15 is 0 Å². The van der Waals surface area contributed by atoms with E-state index in [1.807, 2.05) is 40.9 Å². The van der Waals surface area contributed by atoms with Crippen LogP contribution in [0.25, 0.3) is 0 Å². The van der Waals surface area contributed by atoms with Gasteiger partial charge in [0.2, 0.25) is 0 Å². The van der Waals surface area contributed by atoms with E-state index in [0.29, 0.717) is 26.2 Å². The normalized spacial score (nSPS) is 15.6. The van der Waals surface area contributed by atoms with Crippen LogP contribution in [0.1, 0.15) is 31.4 Å². The number of nitrogens with one attached hydrogen (secondary N) is 1. The van der Waals surface area contributed by atoms with E-state index in [1.165, 1.54) is 18.4 Å². The smallest absolute Gasteiger partial charge is 0.317 e. The molecule has 0 saturated carbocycles. The molecule has 2 amide bonds. The van der Waals surface area contributed by atoms with Crippen molar-refractivity contribution >= 4 is 17.6 Å². The second-order valence-electron chi connectivity index (χ2n) is 6.85. The summed E-state index contributed by atoms with van der Waals surface area (Å²) in [6.07, 6.45) is 6.09. The molecule has 1 saturated heterocycles. The molecule has 6 nitrogen and oxygen atoms in total. The number of halogens is 1. The highest BCUT2D eigenvalue weighted by Gasteiger charge is 2.24. The number of likely N-dealkylation sites (tertiary alicyclic amines) is 1. The van der Waals surface area contributed by atoms with Gasteiger partial charge in [0, 0.05) is 37.1 Å². The van der Waals surface area contributed by atoms with Crippen molar-refractivity contribution < 1.29 is 4.79 Å². The summed E-state index contributed by atoms with van der Waals surface area (Å²) in [6, 6.07) is 10.0. The van der Waals surface area contributed by atoms with E-state index in [2.05, 4.69) is 27.4 Å². The van der Waals surface area contributed by atoms with Crippen molar-refractivity contribution in [3.63, 3.8) is 0 Å². The number of aromatic nitrogens is 2. The molecule has 2 aromatic rings. The van der Waals surface area contributed by atoms with Crippen LogP contribution < -0.4 is 5.32 Å². The molecule has 0 aliphatic carbocycles. The maximum absolute atomic E-state index is 12.7. The number of nitrogens with zero attached hydrogens (tertiary/aromatic N) is 4. The molecule has 0 radical (unpaired) electrons. The third-order valence-corrected chi connectivity index (χ3v) is 5.36. The summed E-state index contributed by atoms with van der Waals surface area (Å²) < 4.78 is 1.84. The average molecular weight is 390 g/mol. The molecule has 0 unspecified atom stereocenters. The average Bonchev–Trinajstić information content (AvgIpc) is 3.38. The van der Waals surface area contributed by atoms with Crippen molar-refractivity contribution in [3.05, 3.63) is 53.3 Å².